The molecule has 3 rings (SSSR count). The predicted molar refractivity (Wildman–Crippen MR) is 97.1 cm³/mol. The fourth-order valence-electron chi connectivity index (χ4n) is 2.58. The van der Waals surface area contributed by atoms with Crippen LogP contribution in [-0.4, -0.2) is 18.3 Å². The molecule has 2 aromatic carbocycles. The molecular formula is C21H19NO4. The molecule has 1 heterocycles. The minimum atomic E-state index is -0.397. The molecule has 0 aliphatic heterocycles. The van der Waals surface area contributed by atoms with Gasteiger partial charge in [0.1, 0.15) is 17.6 Å². The molecule has 1 N–H and O–H groups in total. The van der Waals surface area contributed by atoms with Gasteiger partial charge < -0.3 is 14.5 Å². The van der Waals surface area contributed by atoms with Gasteiger partial charge in [-0.1, -0.05) is 42.5 Å². The third-order valence-corrected chi connectivity index (χ3v) is 3.88. The quantitative estimate of drug-likeness (QED) is 0.659. The second-order valence-electron chi connectivity index (χ2n) is 5.80. The summed E-state index contributed by atoms with van der Waals surface area (Å²) >= 11 is 0. The standard InChI is InChI=1S/C21H19NO4/c1-15(23)17-9-5-10-18(13-17)26-14-20(24)22-21(19-11-6-12-25-19)16-7-3-2-4-8-16/h2-13,21H,14H2,1H3,(H,22,24). The van der Waals surface area contributed by atoms with E-state index in [0.717, 1.165) is 5.56 Å². The van der Waals surface area contributed by atoms with E-state index in [0.29, 0.717) is 17.1 Å². The van der Waals surface area contributed by atoms with E-state index in [4.69, 9.17) is 9.15 Å². The van der Waals surface area contributed by atoms with Crippen LogP contribution in [0.5, 0.6) is 5.75 Å². The number of ether oxygens (including phenoxy) is 1. The van der Waals surface area contributed by atoms with E-state index in [-0.39, 0.29) is 18.3 Å². The lowest BCUT2D eigenvalue weighted by molar-refractivity contribution is -0.123. The zero-order valence-corrected chi connectivity index (χ0v) is 14.3. The Balaban J connectivity index is 1.67. The molecule has 26 heavy (non-hydrogen) atoms. The summed E-state index contributed by atoms with van der Waals surface area (Å²) in [7, 11) is 0. The van der Waals surface area contributed by atoms with Crippen molar-refractivity contribution < 1.29 is 18.7 Å². The van der Waals surface area contributed by atoms with Crippen molar-refractivity contribution in [3.8, 4) is 5.75 Å². The maximum absolute atomic E-state index is 12.4. The highest BCUT2D eigenvalue weighted by Gasteiger charge is 2.19. The first-order valence-corrected chi connectivity index (χ1v) is 8.25. The molecule has 132 valence electrons. The molecule has 0 aliphatic rings. The van der Waals surface area contributed by atoms with E-state index in [1.165, 1.54) is 6.92 Å². The first-order valence-electron chi connectivity index (χ1n) is 8.25. The van der Waals surface area contributed by atoms with E-state index in [1.54, 1.807) is 36.6 Å². The van der Waals surface area contributed by atoms with Crippen molar-refractivity contribution in [3.05, 3.63) is 89.9 Å². The number of hydrogen-bond acceptors (Lipinski definition) is 4. The molecule has 0 aliphatic carbocycles. The van der Waals surface area contributed by atoms with Crippen LogP contribution in [-0.2, 0) is 4.79 Å². The van der Waals surface area contributed by atoms with Crippen molar-refractivity contribution >= 4 is 11.7 Å². The topological polar surface area (TPSA) is 68.5 Å². The summed E-state index contributed by atoms with van der Waals surface area (Å²) in [4.78, 5) is 23.8. The Morgan fingerprint density at radius 3 is 2.54 bits per heavy atom. The summed E-state index contributed by atoms with van der Waals surface area (Å²) in [5.74, 6) is 0.774. The van der Waals surface area contributed by atoms with Crippen LogP contribution >= 0.6 is 0 Å². The van der Waals surface area contributed by atoms with Gasteiger partial charge in [0.2, 0.25) is 0 Å². The highest BCUT2D eigenvalue weighted by molar-refractivity contribution is 5.94. The maximum atomic E-state index is 12.4. The van der Waals surface area contributed by atoms with Crippen molar-refractivity contribution in [2.45, 2.75) is 13.0 Å². The number of carbonyl (C=O) groups is 2. The minimum absolute atomic E-state index is 0.0538. The smallest absolute Gasteiger partial charge is 0.258 e. The van der Waals surface area contributed by atoms with Crippen molar-refractivity contribution in [2.24, 2.45) is 0 Å². The Kier molecular flexibility index (Phi) is 5.49. The van der Waals surface area contributed by atoms with E-state index in [2.05, 4.69) is 5.32 Å². The fourth-order valence-corrected chi connectivity index (χ4v) is 2.58. The third kappa shape index (κ3) is 4.39. The Labute approximate surface area is 151 Å². The predicted octanol–water partition coefficient (Wildman–Crippen LogP) is 3.77. The molecular weight excluding hydrogens is 330 g/mol. The molecule has 0 radical (unpaired) electrons. The average Bonchev–Trinajstić information content (AvgIpc) is 3.20. The molecule has 0 spiro atoms. The molecule has 0 saturated carbocycles. The lowest BCUT2D eigenvalue weighted by Gasteiger charge is -2.17. The van der Waals surface area contributed by atoms with Crippen LogP contribution in [0.25, 0.3) is 0 Å². The van der Waals surface area contributed by atoms with Crippen molar-refractivity contribution in [1.29, 1.82) is 0 Å². The highest BCUT2D eigenvalue weighted by Crippen LogP contribution is 2.22. The Bertz CT molecular complexity index is 872. The first kappa shape index (κ1) is 17.5. The summed E-state index contributed by atoms with van der Waals surface area (Å²) < 4.78 is 11.0. The van der Waals surface area contributed by atoms with Crippen molar-refractivity contribution in [1.82, 2.24) is 5.32 Å². The Morgan fingerprint density at radius 2 is 1.85 bits per heavy atom. The van der Waals surface area contributed by atoms with Gasteiger partial charge in [0.25, 0.3) is 5.91 Å². The van der Waals surface area contributed by atoms with E-state index in [1.807, 2.05) is 36.4 Å². The number of furan rings is 1. The molecule has 1 atom stereocenters. The van der Waals surface area contributed by atoms with Gasteiger partial charge in [-0.15, -0.1) is 0 Å². The molecule has 0 fully saturated rings. The highest BCUT2D eigenvalue weighted by atomic mass is 16.5. The minimum Gasteiger partial charge on any atom is -0.484 e. The molecule has 5 nitrogen and oxygen atoms in total. The van der Waals surface area contributed by atoms with Crippen LogP contribution in [0.4, 0.5) is 0 Å². The summed E-state index contributed by atoms with van der Waals surface area (Å²) in [6.45, 7) is 1.32. The summed E-state index contributed by atoms with van der Waals surface area (Å²) in [5.41, 5.74) is 1.45. The van der Waals surface area contributed by atoms with Gasteiger partial charge >= 0.3 is 0 Å². The molecule has 1 aromatic heterocycles. The summed E-state index contributed by atoms with van der Waals surface area (Å²) in [6.07, 6.45) is 1.57. The normalized spacial score (nSPS) is 11.6. The number of nitrogens with one attached hydrogen (secondary N) is 1. The van der Waals surface area contributed by atoms with Gasteiger partial charge in [-0.3, -0.25) is 9.59 Å². The van der Waals surface area contributed by atoms with Gasteiger partial charge in [0, 0.05) is 5.56 Å². The van der Waals surface area contributed by atoms with Crippen molar-refractivity contribution in [3.63, 3.8) is 0 Å². The fraction of sp³-hybridized carbons (Fsp3) is 0.143. The number of carbonyl (C=O) groups excluding carboxylic acids is 2. The SMILES string of the molecule is CC(=O)c1cccc(OCC(=O)NC(c2ccccc2)c2ccco2)c1. The number of ketones is 1. The molecule has 3 aromatic rings. The van der Waals surface area contributed by atoms with Gasteiger partial charge in [-0.2, -0.15) is 0 Å². The molecule has 0 saturated heterocycles. The average molecular weight is 349 g/mol. The van der Waals surface area contributed by atoms with E-state index >= 15 is 0 Å². The van der Waals surface area contributed by atoms with Crippen LogP contribution in [0.3, 0.4) is 0 Å². The van der Waals surface area contributed by atoms with Crippen LogP contribution in [0.1, 0.15) is 34.6 Å². The van der Waals surface area contributed by atoms with Gasteiger partial charge in [-0.05, 0) is 36.8 Å². The van der Waals surface area contributed by atoms with Crippen LogP contribution in [0, 0.1) is 0 Å². The van der Waals surface area contributed by atoms with E-state index in [9.17, 15) is 9.59 Å². The Morgan fingerprint density at radius 1 is 1.04 bits per heavy atom. The largest absolute Gasteiger partial charge is 0.484 e. The zero-order chi connectivity index (χ0) is 18.4. The number of rotatable bonds is 7. The van der Waals surface area contributed by atoms with Crippen molar-refractivity contribution in [2.75, 3.05) is 6.61 Å². The summed E-state index contributed by atoms with van der Waals surface area (Å²) in [6, 6.07) is 19.5. The van der Waals surface area contributed by atoms with Crippen LogP contribution < -0.4 is 10.1 Å². The van der Waals surface area contributed by atoms with Gasteiger partial charge in [0.05, 0.1) is 6.26 Å². The van der Waals surface area contributed by atoms with Crippen LogP contribution in [0.2, 0.25) is 0 Å². The van der Waals surface area contributed by atoms with Crippen LogP contribution in [0.15, 0.2) is 77.4 Å². The number of hydrogen-bond donors (Lipinski definition) is 1. The van der Waals surface area contributed by atoms with Gasteiger partial charge in [0.15, 0.2) is 12.4 Å². The zero-order valence-electron chi connectivity index (χ0n) is 14.3. The molecule has 1 unspecified atom stereocenters. The Hall–Kier alpha value is -3.34. The second-order valence-corrected chi connectivity index (χ2v) is 5.80. The monoisotopic (exact) mass is 349 g/mol. The maximum Gasteiger partial charge on any atom is 0.258 e. The second kappa shape index (κ2) is 8.16. The summed E-state index contributed by atoms with van der Waals surface area (Å²) in [5, 5.41) is 2.92. The third-order valence-electron chi connectivity index (χ3n) is 3.88. The lowest BCUT2D eigenvalue weighted by atomic mass is 10.0. The number of benzene rings is 2. The first-order chi connectivity index (χ1) is 12.6. The molecule has 0 bridgehead atoms. The van der Waals surface area contributed by atoms with Gasteiger partial charge in [-0.25, -0.2) is 0 Å². The number of Topliss-reactive ketones (excluding diaryl/α,β-unsaturated/α-hetero) is 1. The molecule has 5 heteroatoms. The molecule has 1 amide bonds. The van der Waals surface area contributed by atoms with E-state index < -0.39 is 6.04 Å². The lowest BCUT2D eigenvalue weighted by Crippen LogP contribution is -2.33. The number of amides is 1.